The Hall–Kier alpha value is -1.81. The van der Waals surface area contributed by atoms with E-state index < -0.39 is 15.3 Å². The molecule has 0 saturated carbocycles. The summed E-state index contributed by atoms with van der Waals surface area (Å²) in [5.74, 6) is 0. The summed E-state index contributed by atoms with van der Waals surface area (Å²) in [6, 6.07) is 16.5. The first-order chi connectivity index (χ1) is 11.9. The molecule has 0 aliphatic carbocycles. The first-order valence-corrected chi connectivity index (χ1v) is 10.6. The maximum atomic E-state index is 12.0. The number of nitrogens with one attached hydrogen (secondary N) is 1. The van der Waals surface area contributed by atoms with Crippen molar-refractivity contribution in [2.24, 2.45) is 0 Å². The molecule has 0 bridgehead atoms. The van der Waals surface area contributed by atoms with Gasteiger partial charge in [0.1, 0.15) is 0 Å². The predicted octanol–water partition coefficient (Wildman–Crippen LogP) is 4.96. The molecule has 0 amide bonds. The molecule has 0 saturated heterocycles. The molecule has 1 N–H and O–H groups in total. The van der Waals surface area contributed by atoms with Crippen molar-refractivity contribution in [1.82, 2.24) is 0 Å². The Labute approximate surface area is 152 Å². The highest BCUT2D eigenvalue weighted by molar-refractivity contribution is 7.93. The maximum absolute atomic E-state index is 12.0. The second-order valence-corrected chi connectivity index (χ2v) is 9.05. The molecular weight excluding hydrogens is 330 g/mol. The van der Waals surface area contributed by atoms with Crippen molar-refractivity contribution in [3.63, 3.8) is 0 Å². The number of hydrogen-bond donors (Lipinski definition) is 1. The summed E-state index contributed by atoms with van der Waals surface area (Å²) < 4.78 is 26.6. The molecule has 2 aromatic rings. The van der Waals surface area contributed by atoms with Crippen LogP contribution in [0.25, 0.3) is 0 Å². The lowest BCUT2D eigenvalue weighted by Crippen LogP contribution is -2.22. The fourth-order valence-corrected chi connectivity index (χ4v) is 3.31. The normalized spacial score (nSPS) is 11.7. The zero-order chi connectivity index (χ0) is 18.3. The van der Waals surface area contributed by atoms with Crippen molar-refractivity contribution in [1.29, 1.82) is 0 Å². The van der Waals surface area contributed by atoms with Crippen LogP contribution in [0.4, 0.5) is 5.69 Å². The Morgan fingerprint density at radius 1 is 0.880 bits per heavy atom. The van der Waals surface area contributed by atoms with Gasteiger partial charge in [-0.3, -0.25) is 4.72 Å². The molecule has 0 heterocycles. The molecular formula is C21H29NO2S. The number of sulfonamides is 1. The van der Waals surface area contributed by atoms with Crippen LogP contribution in [0.2, 0.25) is 0 Å². The number of anilines is 1. The zero-order valence-electron chi connectivity index (χ0n) is 15.5. The molecule has 0 spiro atoms. The molecule has 2 rings (SSSR count). The minimum absolute atomic E-state index is 0.442. The van der Waals surface area contributed by atoms with Crippen LogP contribution in [0.3, 0.4) is 0 Å². The molecule has 25 heavy (non-hydrogen) atoms. The Morgan fingerprint density at radius 2 is 1.48 bits per heavy atom. The summed E-state index contributed by atoms with van der Waals surface area (Å²) in [4.78, 5) is 0. The maximum Gasteiger partial charge on any atom is 0.235 e. The summed E-state index contributed by atoms with van der Waals surface area (Å²) in [5, 5.41) is -0.442. The number of aryl methyl sites for hydroxylation is 3. The van der Waals surface area contributed by atoms with Crippen LogP contribution >= 0.6 is 0 Å². The summed E-state index contributed by atoms with van der Waals surface area (Å²) in [7, 11) is -3.30. The Balaban J connectivity index is 1.96. The molecule has 0 aliphatic heterocycles. The van der Waals surface area contributed by atoms with Gasteiger partial charge in [0.15, 0.2) is 0 Å². The Bertz CT molecular complexity index is 765. The van der Waals surface area contributed by atoms with E-state index >= 15 is 0 Å². The standard InChI is InChI=1S/C21H29NO2S/c1-4-5-7-18-10-12-19(13-11-18)14-15-20-8-6-9-21(16-20)22-25(23,24)17(2)3/h6,8-13,16-17,22H,4-5,7,14-15H2,1-3H3. The molecule has 0 atom stereocenters. The van der Waals surface area contributed by atoms with Gasteiger partial charge >= 0.3 is 0 Å². The van der Waals surface area contributed by atoms with E-state index in [-0.39, 0.29) is 0 Å². The topological polar surface area (TPSA) is 46.2 Å². The van der Waals surface area contributed by atoms with Gasteiger partial charge in [0, 0.05) is 5.69 Å². The van der Waals surface area contributed by atoms with Crippen molar-refractivity contribution in [2.45, 2.75) is 58.1 Å². The summed E-state index contributed by atoms with van der Waals surface area (Å²) in [6.45, 7) is 5.57. The average Bonchev–Trinajstić information content (AvgIpc) is 2.59. The molecule has 0 unspecified atom stereocenters. The van der Waals surface area contributed by atoms with Gasteiger partial charge in [0.2, 0.25) is 10.0 Å². The van der Waals surface area contributed by atoms with Crippen molar-refractivity contribution in [2.75, 3.05) is 4.72 Å². The molecule has 0 fully saturated rings. The van der Waals surface area contributed by atoms with Crippen LogP contribution in [0, 0.1) is 0 Å². The summed E-state index contributed by atoms with van der Waals surface area (Å²) in [6.07, 6.45) is 5.45. The first-order valence-electron chi connectivity index (χ1n) is 9.09. The SMILES string of the molecule is CCCCc1ccc(CCc2cccc(NS(=O)(=O)C(C)C)c2)cc1. The van der Waals surface area contributed by atoms with E-state index in [1.807, 2.05) is 18.2 Å². The zero-order valence-corrected chi connectivity index (χ0v) is 16.3. The average molecular weight is 360 g/mol. The highest BCUT2D eigenvalue weighted by Gasteiger charge is 2.15. The molecule has 0 aromatic heterocycles. The quantitative estimate of drug-likeness (QED) is 0.687. The fourth-order valence-electron chi connectivity index (χ4n) is 2.61. The van der Waals surface area contributed by atoms with E-state index in [0.29, 0.717) is 5.69 Å². The summed E-state index contributed by atoms with van der Waals surface area (Å²) in [5.41, 5.74) is 4.49. The molecule has 4 heteroatoms. The number of rotatable bonds is 9. The molecule has 136 valence electrons. The minimum atomic E-state index is -3.30. The Morgan fingerprint density at radius 3 is 2.08 bits per heavy atom. The number of unbranched alkanes of at least 4 members (excludes halogenated alkanes) is 1. The van der Waals surface area contributed by atoms with Crippen molar-refractivity contribution < 1.29 is 8.42 Å². The molecule has 0 radical (unpaired) electrons. The lowest BCUT2D eigenvalue weighted by molar-refractivity contribution is 0.593. The monoisotopic (exact) mass is 359 g/mol. The van der Waals surface area contributed by atoms with E-state index in [1.165, 1.54) is 24.0 Å². The van der Waals surface area contributed by atoms with Crippen LogP contribution in [0.15, 0.2) is 48.5 Å². The summed E-state index contributed by atoms with van der Waals surface area (Å²) >= 11 is 0. The van der Waals surface area contributed by atoms with Gasteiger partial charge in [-0.15, -0.1) is 0 Å². The largest absolute Gasteiger partial charge is 0.283 e. The van der Waals surface area contributed by atoms with Gasteiger partial charge in [0.25, 0.3) is 0 Å². The lowest BCUT2D eigenvalue weighted by Gasteiger charge is -2.12. The predicted molar refractivity (Wildman–Crippen MR) is 107 cm³/mol. The second-order valence-electron chi connectivity index (χ2n) is 6.82. The van der Waals surface area contributed by atoms with Crippen LogP contribution in [0.5, 0.6) is 0 Å². The highest BCUT2D eigenvalue weighted by atomic mass is 32.2. The minimum Gasteiger partial charge on any atom is -0.283 e. The highest BCUT2D eigenvalue weighted by Crippen LogP contribution is 2.16. The molecule has 0 aliphatic rings. The van der Waals surface area contributed by atoms with Gasteiger partial charge in [-0.1, -0.05) is 49.7 Å². The van der Waals surface area contributed by atoms with Crippen LogP contribution in [-0.2, 0) is 29.3 Å². The van der Waals surface area contributed by atoms with Crippen LogP contribution < -0.4 is 4.72 Å². The van der Waals surface area contributed by atoms with Crippen LogP contribution in [0.1, 0.15) is 50.3 Å². The van der Waals surface area contributed by atoms with E-state index in [2.05, 4.69) is 35.9 Å². The van der Waals surface area contributed by atoms with Gasteiger partial charge < -0.3 is 0 Å². The van der Waals surface area contributed by atoms with E-state index in [1.54, 1.807) is 19.9 Å². The Kier molecular flexibility index (Phi) is 7.06. The van der Waals surface area contributed by atoms with Gasteiger partial charge in [0.05, 0.1) is 5.25 Å². The van der Waals surface area contributed by atoms with Gasteiger partial charge in [-0.25, -0.2) is 8.42 Å². The second kappa shape index (κ2) is 9.04. The molecule has 2 aromatic carbocycles. The van der Waals surface area contributed by atoms with Crippen molar-refractivity contribution in [3.05, 3.63) is 65.2 Å². The van der Waals surface area contributed by atoms with Gasteiger partial charge in [-0.05, 0) is 68.4 Å². The number of hydrogen-bond acceptors (Lipinski definition) is 2. The third-order valence-corrected chi connectivity index (χ3v) is 6.11. The third-order valence-electron chi connectivity index (χ3n) is 4.35. The number of benzene rings is 2. The lowest BCUT2D eigenvalue weighted by atomic mass is 10.0. The smallest absolute Gasteiger partial charge is 0.235 e. The van der Waals surface area contributed by atoms with E-state index in [0.717, 1.165) is 24.8 Å². The van der Waals surface area contributed by atoms with Crippen molar-refractivity contribution in [3.8, 4) is 0 Å². The third kappa shape index (κ3) is 6.20. The van der Waals surface area contributed by atoms with E-state index in [4.69, 9.17) is 0 Å². The van der Waals surface area contributed by atoms with Crippen LogP contribution in [-0.4, -0.2) is 13.7 Å². The van der Waals surface area contributed by atoms with Gasteiger partial charge in [-0.2, -0.15) is 0 Å². The first kappa shape index (κ1) is 19.5. The van der Waals surface area contributed by atoms with Crippen molar-refractivity contribution >= 4 is 15.7 Å². The fraction of sp³-hybridized carbons (Fsp3) is 0.429. The van der Waals surface area contributed by atoms with E-state index in [9.17, 15) is 8.42 Å². The molecule has 3 nitrogen and oxygen atoms in total.